The van der Waals surface area contributed by atoms with Crippen molar-refractivity contribution in [3.05, 3.63) is 34.9 Å². The van der Waals surface area contributed by atoms with Gasteiger partial charge in [-0.3, -0.25) is 0 Å². The van der Waals surface area contributed by atoms with E-state index in [4.69, 9.17) is 23.2 Å². The molecule has 4 bridgehead atoms. The number of rotatable bonds is 3. The van der Waals surface area contributed by atoms with Gasteiger partial charge in [0.25, 0.3) is 0 Å². The van der Waals surface area contributed by atoms with Gasteiger partial charge in [0, 0.05) is 5.02 Å². The lowest BCUT2D eigenvalue weighted by Crippen LogP contribution is -2.46. The third-order valence-electron chi connectivity index (χ3n) is 6.01. The molecule has 0 saturated heterocycles. The van der Waals surface area contributed by atoms with Crippen LogP contribution in [0.1, 0.15) is 55.9 Å². The first-order valence-electron chi connectivity index (χ1n) is 8.01. The first kappa shape index (κ1) is 13.5. The van der Waals surface area contributed by atoms with Crippen LogP contribution in [-0.4, -0.2) is 0 Å². The van der Waals surface area contributed by atoms with Gasteiger partial charge >= 0.3 is 0 Å². The molecule has 1 aromatic carbocycles. The zero-order chi connectivity index (χ0) is 13.7. The van der Waals surface area contributed by atoms with Crippen molar-refractivity contribution < 1.29 is 0 Å². The Balaban J connectivity index is 1.52. The topological polar surface area (TPSA) is 0 Å². The third-order valence-corrected chi connectivity index (χ3v) is 6.67. The summed E-state index contributed by atoms with van der Waals surface area (Å²) in [4.78, 5) is 0. The predicted molar refractivity (Wildman–Crippen MR) is 85.3 cm³/mol. The molecule has 108 valence electrons. The van der Waals surface area contributed by atoms with Crippen molar-refractivity contribution in [1.29, 1.82) is 0 Å². The van der Waals surface area contributed by atoms with Crippen LogP contribution in [0.15, 0.2) is 24.3 Å². The highest BCUT2D eigenvalue weighted by Gasteiger charge is 2.51. The Morgan fingerprint density at radius 1 is 0.950 bits per heavy atom. The molecule has 0 N–H and O–H groups in total. The molecule has 0 aliphatic heterocycles. The average molecular weight is 309 g/mol. The Labute approximate surface area is 131 Å². The summed E-state index contributed by atoms with van der Waals surface area (Å²) in [6.07, 6.45) is 10.0. The molecule has 0 amide bonds. The Bertz CT molecular complexity index is 455. The number of alkyl halides is 1. The van der Waals surface area contributed by atoms with Gasteiger partial charge in [-0.2, -0.15) is 0 Å². The van der Waals surface area contributed by atoms with Crippen LogP contribution >= 0.6 is 23.2 Å². The smallest absolute Gasteiger partial charge is 0.0590 e. The molecular formula is C18H22Cl2. The quantitative estimate of drug-likeness (QED) is 0.581. The molecule has 5 rings (SSSR count). The lowest BCUT2D eigenvalue weighted by Gasteiger charge is -2.57. The molecule has 0 radical (unpaired) electrons. The van der Waals surface area contributed by atoms with E-state index in [-0.39, 0.29) is 5.38 Å². The first-order valence-corrected chi connectivity index (χ1v) is 8.83. The van der Waals surface area contributed by atoms with E-state index in [9.17, 15) is 0 Å². The molecule has 0 aromatic heterocycles. The van der Waals surface area contributed by atoms with Gasteiger partial charge in [-0.15, -0.1) is 11.6 Å². The van der Waals surface area contributed by atoms with Crippen molar-refractivity contribution in [3.8, 4) is 0 Å². The van der Waals surface area contributed by atoms with Crippen LogP contribution in [0.4, 0.5) is 0 Å². The summed E-state index contributed by atoms with van der Waals surface area (Å²) in [5.74, 6) is 3.03. The van der Waals surface area contributed by atoms with Gasteiger partial charge in [-0.25, -0.2) is 0 Å². The Kier molecular flexibility index (Phi) is 3.31. The van der Waals surface area contributed by atoms with Crippen molar-refractivity contribution in [1.82, 2.24) is 0 Å². The molecule has 4 fully saturated rings. The van der Waals surface area contributed by atoms with Crippen LogP contribution in [0.3, 0.4) is 0 Å². The normalized spacial score (nSPS) is 40.0. The van der Waals surface area contributed by atoms with Crippen molar-refractivity contribution >= 4 is 23.2 Å². The maximum absolute atomic E-state index is 6.75. The van der Waals surface area contributed by atoms with Crippen LogP contribution < -0.4 is 0 Å². The lowest BCUT2D eigenvalue weighted by molar-refractivity contribution is -0.0576. The number of benzene rings is 1. The fraction of sp³-hybridized carbons (Fsp3) is 0.667. The largest absolute Gasteiger partial charge is 0.118 e. The van der Waals surface area contributed by atoms with E-state index < -0.39 is 0 Å². The van der Waals surface area contributed by atoms with E-state index >= 15 is 0 Å². The Hall–Kier alpha value is -0.200. The van der Waals surface area contributed by atoms with E-state index in [2.05, 4.69) is 12.1 Å². The van der Waals surface area contributed by atoms with Crippen LogP contribution in [0, 0.1) is 23.2 Å². The fourth-order valence-corrected chi connectivity index (χ4v) is 6.31. The van der Waals surface area contributed by atoms with E-state index in [1.54, 1.807) is 0 Å². The molecule has 0 spiro atoms. The molecule has 20 heavy (non-hydrogen) atoms. The second-order valence-electron chi connectivity index (χ2n) is 7.64. The predicted octanol–water partition coefficient (Wildman–Crippen LogP) is 6.23. The van der Waals surface area contributed by atoms with E-state index in [1.807, 2.05) is 12.1 Å². The second-order valence-corrected chi connectivity index (χ2v) is 8.60. The zero-order valence-corrected chi connectivity index (χ0v) is 13.3. The standard InChI is InChI=1S/C18H22Cl2/c19-16-3-1-15(2-4-16)17(20)11-18-8-12-5-13(9-18)7-14(6-12)10-18/h1-4,12-14,17H,5-11H2. The van der Waals surface area contributed by atoms with Gasteiger partial charge in [0.2, 0.25) is 0 Å². The third kappa shape index (κ3) is 2.40. The highest BCUT2D eigenvalue weighted by atomic mass is 35.5. The number of hydrogen-bond donors (Lipinski definition) is 0. The lowest BCUT2D eigenvalue weighted by atomic mass is 9.48. The van der Waals surface area contributed by atoms with Gasteiger partial charge in [-0.1, -0.05) is 23.7 Å². The fourth-order valence-electron chi connectivity index (χ4n) is 5.71. The van der Waals surface area contributed by atoms with Crippen molar-refractivity contribution in [2.75, 3.05) is 0 Å². The molecule has 0 heterocycles. The summed E-state index contributed by atoms with van der Waals surface area (Å²) in [5, 5.41) is 0.955. The minimum absolute atomic E-state index is 0.156. The molecule has 1 unspecified atom stereocenters. The van der Waals surface area contributed by atoms with Gasteiger partial charge in [0.1, 0.15) is 0 Å². The summed E-state index contributed by atoms with van der Waals surface area (Å²) in [5.41, 5.74) is 1.80. The van der Waals surface area contributed by atoms with Crippen LogP contribution in [0.2, 0.25) is 5.02 Å². The van der Waals surface area contributed by atoms with E-state index in [0.29, 0.717) is 5.41 Å². The summed E-state index contributed by atoms with van der Waals surface area (Å²) in [6.45, 7) is 0. The van der Waals surface area contributed by atoms with Crippen molar-refractivity contribution in [2.45, 2.75) is 50.3 Å². The molecule has 0 nitrogen and oxygen atoms in total. The van der Waals surface area contributed by atoms with E-state index in [1.165, 1.54) is 50.5 Å². The monoisotopic (exact) mass is 308 g/mol. The maximum atomic E-state index is 6.75. The minimum atomic E-state index is 0.156. The molecule has 4 aliphatic carbocycles. The molecule has 1 atom stereocenters. The SMILES string of the molecule is Clc1ccc(C(Cl)CC23CC4CC(CC(C4)C2)C3)cc1. The molecule has 1 aromatic rings. The van der Waals surface area contributed by atoms with Gasteiger partial charge in [-0.05, 0) is 85.8 Å². The summed E-state index contributed by atoms with van der Waals surface area (Å²) in [6, 6.07) is 8.12. The van der Waals surface area contributed by atoms with Crippen LogP contribution in [0.25, 0.3) is 0 Å². The number of hydrogen-bond acceptors (Lipinski definition) is 0. The highest BCUT2D eigenvalue weighted by molar-refractivity contribution is 6.30. The summed E-state index contributed by atoms with van der Waals surface area (Å²) in [7, 11) is 0. The summed E-state index contributed by atoms with van der Waals surface area (Å²) < 4.78 is 0. The average Bonchev–Trinajstić information content (AvgIpc) is 2.37. The van der Waals surface area contributed by atoms with Gasteiger partial charge in [0.05, 0.1) is 5.38 Å². The van der Waals surface area contributed by atoms with Crippen LogP contribution in [-0.2, 0) is 0 Å². The van der Waals surface area contributed by atoms with Gasteiger partial charge in [0.15, 0.2) is 0 Å². The van der Waals surface area contributed by atoms with Crippen LogP contribution in [0.5, 0.6) is 0 Å². The minimum Gasteiger partial charge on any atom is -0.118 e. The number of halogens is 2. The summed E-state index contributed by atoms with van der Waals surface area (Å²) >= 11 is 12.7. The molecular weight excluding hydrogens is 287 g/mol. The highest BCUT2D eigenvalue weighted by Crippen LogP contribution is 2.62. The van der Waals surface area contributed by atoms with E-state index in [0.717, 1.165) is 22.8 Å². The molecule has 4 aliphatic rings. The van der Waals surface area contributed by atoms with Crippen molar-refractivity contribution in [2.24, 2.45) is 23.2 Å². The Morgan fingerprint density at radius 3 is 1.95 bits per heavy atom. The Morgan fingerprint density at radius 2 is 1.45 bits per heavy atom. The first-order chi connectivity index (χ1) is 9.62. The molecule has 4 saturated carbocycles. The second kappa shape index (κ2) is 4.92. The maximum Gasteiger partial charge on any atom is 0.0590 e. The van der Waals surface area contributed by atoms with Crippen molar-refractivity contribution in [3.63, 3.8) is 0 Å². The zero-order valence-electron chi connectivity index (χ0n) is 11.8. The van der Waals surface area contributed by atoms with Gasteiger partial charge < -0.3 is 0 Å². The molecule has 2 heteroatoms.